The fourth-order valence-electron chi connectivity index (χ4n) is 1.86. The number of carboxylic acid groups (broad SMARTS) is 1. The zero-order chi connectivity index (χ0) is 14.8. The van der Waals surface area contributed by atoms with Gasteiger partial charge in [0.25, 0.3) is 0 Å². The maximum absolute atomic E-state index is 10.4. The first kappa shape index (κ1) is 16.5. The number of rotatable bonds is 10. The molecule has 112 valence electrons. The molecular weight excluding hydrogens is 254 g/mol. The van der Waals surface area contributed by atoms with Crippen LogP contribution in [-0.4, -0.2) is 30.8 Å². The van der Waals surface area contributed by atoms with Crippen molar-refractivity contribution in [2.75, 3.05) is 19.7 Å². The molecule has 0 saturated heterocycles. The van der Waals surface area contributed by atoms with Gasteiger partial charge in [-0.2, -0.15) is 0 Å². The van der Waals surface area contributed by atoms with E-state index in [0.29, 0.717) is 12.5 Å². The molecule has 1 aromatic carbocycles. The third-order valence-corrected chi connectivity index (χ3v) is 3.23. The van der Waals surface area contributed by atoms with Gasteiger partial charge in [0, 0.05) is 13.0 Å². The Morgan fingerprint density at radius 3 is 2.60 bits per heavy atom. The Labute approximate surface area is 121 Å². The van der Waals surface area contributed by atoms with Gasteiger partial charge in [-0.1, -0.05) is 24.6 Å². The fraction of sp³-hybridized carbons (Fsp3) is 0.562. The molecule has 0 aliphatic carbocycles. The fourth-order valence-corrected chi connectivity index (χ4v) is 1.86. The van der Waals surface area contributed by atoms with Gasteiger partial charge in [0.1, 0.15) is 12.4 Å². The molecule has 0 spiro atoms. The molecule has 0 radical (unpaired) electrons. The molecule has 0 amide bonds. The number of hydrogen-bond donors (Lipinski definition) is 2. The Bertz CT molecular complexity index is 389. The molecule has 0 heterocycles. The average molecular weight is 279 g/mol. The number of carboxylic acids is 1. The number of aryl methyl sites for hydroxylation is 1. The summed E-state index contributed by atoms with van der Waals surface area (Å²) in [6, 6.07) is 8.02. The molecule has 1 aromatic rings. The molecule has 2 N–H and O–H groups in total. The molecule has 0 bridgehead atoms. The monoisotopic (exact) mass is 279 g/mol. The van der Waals surface area contributed by atoms with Crippen molar-refractivity contribution in [2.45, 2.75) is 33.1 Å². The summed E-state index contributed by atoms with van der Waals surface area (Å²) in [5.74, 6) is 0.625. The largest absolute Gasteiger partial charge is 0.492 e. The SMILES string of the molecule is Cc1ccc(OCCNCCC(C)CCC(=O)O)cc1. The summed E-state index contributed by atoms with van der Waals surface area (Å²) in [5, 5.41) is 11.9. The van der Waals surface area contributed by atoms with Gasteiger partial charge in [0.05, 0.1) is 0 Å². The highest BCUT2D eigenvalue weighted by Gasteiger charge is 2.04. The summed E-state index contributed by atoms with van der Waals surface area (Å²) in [6.07, 6.45) is 2.01. The quantitative estimate of drug-likeness (QED) is 0.647. The Kier molecular flexibility index (Phi) is 7.73. The van der Waals surface area contributed by atoms with Gasteiger partial charge in [0.15, 0.2) is 0 Å². The van der Waals surface area contributed by atoms with Crippen molar-refractivity contribution >= 4 is 5.97 Å². The van der Waals surface area contributed by atoms with Gasteiger partial charge in [-0.15, -0.1) is 0 Å². The van der Waals surface area contributed by atoms with Gasteiger partial charge >= 0.3 is 5.97 Å². The van der Waals surface area contributed by atoms with Crippen LogP contribution in [-0.2, 0) is 4.79 Å². The summed E-state index contributed by atoms with van der Waals surface area (Å²) in [7, 11) is 0. The van der Waals surface area contributed by atoms with Crippen molar-refractivity contribution in [2.24, 2.45) is 5.92 Å². The van der Waals surface area contributed by atoms with E-state index in [1.54, 1.807) is 0 Å². The molecule has 0 saturated carbocycles. The van der Waals surface area contributed by atoms with E-state index in [1.807, 2.05) is 24.3 Å². The van der Waals surface area contributed by atoms with E-state index in [0.717, 1.165) is 31.7 Å². The summed E-state index contributed by atoms with van der Waals surface area (Å²) in [5.41, 5.74) is 1.23. The Morgan fingerprint density at radius 1 is 1.25 bits per heavy atom. The van der Waals surface area contributed by atoms with Gasteiger partial charge < -0.3 is 15.2 Å². The molecule has 0 aromatic heterocycles. The minimum Gasteiger partial charge on any atom is -0.492 e. The number of aliphatic carboxylic acids is 1. The third kappa shape index (κ3) is 7.79. The molecule has 1 rings (SSSR count). The standard InChI is InChI=1S/C16H25NO3/c1-13-3-6-15(7-4-13)20-12-11-17-10-9-14(2)5-8-16(18)19/h3-4,6-7,14,17H,5,8-12H2,1-2H3,(H,18,19). The van der Waals surface area contributed by atoms with Crippen LogP contribution in [0.15, 0.2) is 24.3 Å². The lowest BCUT2D eigenvalue weighted by Gasteiger charge is -2.11. The normalized spacial score (nSPS) is 12.1. The van der Waals surface area contributed by atoms with E-state index in [2.05, 4.69) is 19.2 Å². The maximum atomic E-state index is 10.4. The summed E-state index contributed by atoms with van der Waals surface area (Å²) in [6.45, 7) is 6.49. The van der Waals surface area contributed by atoms with Gasteiger partial charge in [-0.05, 0) is 44.4 Å². The lowest BCUT2D eigenvalue weighted by Crippen LogP contribution is -2.23. The molecule has 20 heavy (non-hydrogen) atoms. The van der Waals surface area contributed by atoms with Gasteiger partial charge in [-0.3, -0.25) is 4.79 Å². The summed E-state index contributed by atoms with van der Waals surface area (Å²) in [4.78, 5) is 10.4. The van der Waals surface area contributed by atoms with Gasteiger partial charge in [0.2, 0.25) is 0 Å². The van der Waals surface area contributed by atoms with Crippen LogP contribution in [0.3, 0.4) is 0 Å². The summed E-state index contributed by atoms with van der Waals surface area (Å²) < 4.78 is 5.61. The average Bonchev–Trinajstić information content (AvgIpc) is 2.42. The zero-order valence-electron chi connectivity index (χ0n) is 12.4. The van der Waals surface area contributed by atoms with Crippen LogP contribution in [0.25, 0.3) is 0 Å². The van der Waals surface area contributed by atoms with Crippen molar-refractivity contribution in [1.82, 2.24) is 5.32 Å². The Balaban J connectivity index is 1.99. The molecular formula is C16H25NO3. The third-order valence-electron chi connectivity index (χ3n) is 3.23. The van der Waals surface area contributed by atoms with E-state index in [9.17, 15) is 4.79 Å². The van der Waals surface area contributed by atoms with Crippen molar-refractivity contribution in [3.8, 4) is 5.75 Å². The Morgan fingerprint density at radius 2 is 1.95 bits per heavy atom. The van der Waals surface area contributed by atoms with E-state index in [-0.39, 0.29) is 6.42 Å². The molecule has 1 atom stereocenters. The predicted octanol–water partition coefficient (Wildman–Crippen LogP) is 2.85. The Hall–Kier alpha value is -1.55. The van der Waals surface area contributed by atoms with Gasteiger partial charge in [-0.25, -0.2) is 0 Å². The number of carbonyl (C=O) groups is 1. The lowest BCUT2D eigenvalue weighted by molar-refractivity contribution is -0.137. The van der Waals surface area contributed by atoms with E-state index in [4.69, 9.17) is 9.84 Å². The van der Waals surface area contributed by atoms with Crippen LogP contribution in [0.1, 0.15) is 31.7 Å². The van der Waals surface area contributed by atoms with Crippen molar-refractivity contribution < 1.29 is 14.6 Å². The van der Waals surface area contributed by atoms with E-state index < -0.39 is 5.97 Å². The van der Waals surface area contributed by atoms with Crippen molar-refractivity contribution in [3.63, 3.8) is 0 Å². The van der Waals surface area contributed by atoms with Crippen molar-refractivity contribution in [1.29, 1.82) is 0 Å². The van der Waals surface area contributed by atoms with Crippen LogP contribution in [0, 0.1) is 12.8 Å². The number of nitrogens with one attached hydrogen (secondary N) is 1. The zero-order valence-corrected chi connectivity index (χ0v) is 12.4. The predicted molar refractivity (Wildman–Crippen MR) is 80.2 cm³/mol. The first-order valence-electron chi connectivity index (χ1n) is 7.20. The highest BCUT2D eigenvalue weighted by Crippen LogP contribution is 2.11. The topological polar surface area (TPSA) is 58.6 Å². The lowest BCUT2D eigenvalue weighted by atomic mass is 10.0. The smallest absolute Gasteiger partial charge is 0.303 e. The highest BCUT2D eigenvalue weighted by molar-refractivity contribution is 5.66. The van der Waals surface area contributed by atoms with Crippen LogP contribution >= 0.6 is 0 Å². The molecule has 0 aliphatic rings. The minimum atomic E-state index is -0.712. The van der Waals surface area contributed by atoms with E-state index in [1.165, 1.54) is 5.56 Å². The second-order valence-corrected chi connectivity index (χ2v) is 5.24. The molecule has 4 heteroatoms. The van der Waals surface area contributed by atoms with Crippen LogP contribution in [0.2, 0.25) is 0 Å². The minimum absolute atomic E-state index is 0.262. The second-order valence-electron chi connectivity index (χ2n) is 5.24. The van der Waals surface area contributed by atoms with Crippen molar-refractivity contribution in [3.05, 3.63) is 29.8 Å². The molecule has 0 fully saturated rings. The summed E-state index contributed by atoms with van der Waals surface area (Å²) >= 11 is 0. The van der Waals surface area contributed by atoms with Crippen LogP contribution in [0.4, 0.5) is 0 Å². The number of ether oxygens (including phenoxy) is 1. The van der Waals surface area contributed by atoms with Crippen LogP contribution < -0.4 is 10.1 Å². The maximum Gasteiger partial charge on any atom is 0.303 e. The van der Waals surface area contributed by atoms with Crippen LogP contribution in [0.5, 0.6) is 5.75 Å². The number of benzene rings is 1. The molecule has 1 unspecified atom stereocenters. The van der Waals surface area contributed by atoms with E-state index >= 15 is 0 Å². The molecule has 0 aliphatic heterocycles. The molecule has 4 nitrogen and oxygen atoms in total. The first-order chi connectivity index (χ1) is 9.58. The first-order valence-corrected chi connectivity index (χ1v) is 7.20. The number of hydrogen-bond acceptors (Lipinski definition) is 3. The second kappa shape index (κ2) is 9.37. The highest BCUT2D eigenvalue weighted by atomic mass is 16.5.